The van der Waals surface area contributed by atoms with E-state index in [0.717, 1.165) is 16.6 Å². The largest absolute Gasteiger partial charge is 0.396 e. The molecular weight excluding hydrogens is 262 g/mol. The summed E-state index contributed by atoms with van der Waals surface area (Å²) in [7, 11) is 0. The van der Waals surface area contributed by atoms with Crippen LogP contribution >= 0.6 is 27.7 Å². The van der Waals surface area contributed by atoms with Crippen LogP contribution in [0.2, 0.25) is 0 Å². The quantitative estimate of drug-likeness (QED) is 0.869. The van der Waals surface area contributed by atoms with Gasteiger partial charge in [0.15, 0.2) is 0 Å². The Labute approximate surface area is 96.2 Å². The molecule has 4 heteroatoms. The Morgan fingerprint density at radius 2 is 2.43 bits per heavy atom. The second-order valence-corrected chi connectivity index (χ2v) is 5.19. The van der Waals surface area contributed by atoms with Gasteiger partial charge < -0.3 is 10.4 Å². The molecule has 1 aliphatic rings. The Kier molecular flexibility index (Phi) is 3.36. The summed E-state index contributed by atoms with van der Waals surface area (Å²) in [5.41, 5.74) is 1.17. The third-order valence-electron chi connectivity index (χ3n) is 2.24. The molecule has 0 aliphatic carbocycles. The van der Waals surface area contributed by atoms with Crippen molar-refractivity contribution >= 4 is 33.4 Å². The average molecular weight is 274 g/mol. The maximum atomic E-state index is 8.87. The molecule has 0 saturated heterocycles. The lowest BCUT2D eigenvalue weighted by molar-refractivity contribution is 0.282. The van der Waals surface area contributed by atoms with E-state index in [-0.39, 0.29) is 6.61 Å². The van der Waals surface area contributed by atoms with Gasteiger partial charge in [0.25, 0.3) is 0 Å². The number of aliphatic hydroxyl groups is 1. The molecule has 1 aromatic carbocycles. The summed E-state index contributed by atoms with van der Waals surface area (Å²) in [6.45, 7) is 0.248. The average Bonchev–Trinajstić information content (AvgIpc) is 2.20. The fraction of sp³-hybridized carbons (Fsp3) is 0.400. The molecule has 0 aromatic heterocycles. The lowest BCUT2D eigenvalue weighted by atomic mass is 10.2. The minimum Gasteiger partial charge on any atom is -0.396 e. The zero-order valence-corrected chi connectivity index (χ0v) is 10.1. The van der Waals surface area contributed by atoms with Crippen LogP contribution in [0.3, 0.4) is 0 Å². The van der Waals surface area contributed by atoms with Crippen LogP contribution in [0, 0.1) is 0 Å². The lowest BCUT2D eigenvalue weighted by Gasteiger charge is -2.26. The molecule has 2 rings (SSSR count). The lowest BCUT2D eigenvalue weighted by Crippen LogP contribution is -2.27. The summed E-state index contributed by atoms with van der Waals surface area (Å²) in [4.78, 5) is 1.29. The molecular formula is C10H12BrNOS. The highest BCUT2D eigenvalue weighted by atomic mass is 79.9. The summed E-state index contributed by atoms with van der Waals surface area (Å²) in [6.07, 6.45) is 0.813. The smallest absolute Gasteiger partial charge is 0.0625 e. The van der Waals surface area contributed by atoms with Gasteiger partial charge in [-0.2, -0.15) is 0 Å². The third kappa shape index (κ3) is 2.07. The molecule has 76 valence electrons. The van der Waals surface area contributed by atoms with Gasteiger partial charge in [-0.15, -0.1) is 11.8 Å². The molecule has 1 atom stereocenters. The zero-order chi connectivity index (χ0) is 9.97. The van der Waals surface area contributed by atoms with Gasteiger partial charge in [-0.1, -0.05) is 6.07 Å². The molecule has 0 bridgehead atoms. The zero-order valence-electron chi connectivity index (χ0n) is 7.66. The molecule has 1 heterocycles. The van der Waals surface area contributed by atoms with Crippen LogP contribution in [-0.4, -0.2) is 23.5 Å². The second-order valence-electron chi connectivity index (χ2n) is 3.28. The molecule has 14 heavy (non-hydrogen) atoms. The molecule has 0 spiro atoms. The first kappa shape index (κ1) is 10.3. The SMILES string of the molecule is OCCC1CSc2cccc(Br)c2N1. The normalized spacial score (nSPS) is 20.0. The molecule has 2 N–H and O–H groups in total. The van der Waals surface area contributed by atoms with E-state index in [1.807, 2.05) is 23.9 Å². The van der Waals surface area contributed by atoms with Crippen molar-refractivity contribution in [3.05, 3.63) is 22.7 Å². The van der Waals surface area contributed by atoms with E-state index in [0.29, 0.717) is 6.04 Å². The first-order valence-electron chi connectivity index (χ1n) is 4.60. The number of anilines is 1. The highest BCUT2D eigenvalue weighted by Crippen LogP contribution is 2.38. The van der Waals surface area contributed by atoms with Gasteiger partial charge in [0, 0.05) is 27.8 Å². The first-order chi connectivity index (χ1) is 6.81. The van der Waals surface area contributed by atoms with Crippen LogP contribution in [-0.2, 0) is 0 Å². The number of thioether (sulfide) groups is 1. The van der Waals surface area contributed by atoms with Crippen molar-refractivity contribution in [1.82, 2.24) is 0 Å². The number of hydrogen-bond donors (Lipinski definition) is 2. The number of aliphatic hydroxyl groups excluding tert-OH is 1. The Balaban J connectivity index is 2.20. The van der Waals surface area contributed by atoms with Crippen LogP contribution in [0.25, 0.3) is 0 Å². The van der Waals surface area contributed by atoms with E-state index < -0.39 is 0 Å². The predicted molar refractivity (Wildman–Crippen MR) is 64.0 cm³/mol. The number of para-hydroxylation sites is 1. The van der Waals surface area contributed by atoms with Crippen LogP contribution in [0.1, 0.15) is 6.42 Å². The van der Waals surface area contributed by atoms with Gasteiger partial charge in [-0.05, 0) is 34.5 Å². The number of rotatable bonds is 2. The van der Waals surface area contributed by atoms with E-state index in [4.69, 9.17) is 5.11 Å². The molecule has 0 saturated carbocycles. The van der Waals surface area contributed by atoms with Crippen molar-refractivity contribution in [2.45, 2.75) is 17.4 Å². The van der Waals surface area contributed by atoms with Crippen molar-refractivity contribution < 1.29 is 5.11 Å². The third-order valence-corrected chi connectivity index (χ3v) is 4.12. The summed E-state index contributed by atoms with van der Waals surface area (Å²) in [5, 5.41) is 12.3. The molecule has 1 unspecified atom stereocenters. The highest BCUT2D eigenvalue weighted by molar-refractivity contribution is 9.10. The Morgan fingerprint density at radius 1 is 1.57 bits per heavy atom. The van der Waals surface area contributed by atoms with Crippen LogP contribution < -0.4 is 5.32 Å². The van der Waals surface area contributed by atoms with Gasteiger partial charge in [-0.3, -0.25) is 0 Å². The topological polar surface area (TPSA) is 32.3 Å². The number of fused-ring (bicyclic) bond motifs is 1. The monoisotopic (exact) mass is 273 g/mol. The minimum absolute atomic E-state index is 0.248. The van der Waals surface area contributed by atoms with E-state index >= 15 is 0 Å². The maximum Gasteiger partial charge on any atom is 0.0625 e. The van der Waals surface area contributed by atoms with Crippen molar-refractivity contribution in [2.24, 2.45) is 0 Å². The van der Waals surface area contributed by atoms with Crippen LogP contribution in [0.15, 0.2) is 27.6 Å². The van der Waals surface area contributed by atoms with Crippen LogP contribution in [0.4, 0.5) is 5.69 Å². The molecule has 0 fully saturated rings. The maximum absolute atomic E-state index is 8.87. The van der Waals surface area contributed by atoms with Crippen LogP contribution in [0.5, 0.6) is 0 Å². The van der Waals surface area contributed by atoms with Gasteiger partial charge in [0.1, 0.15) is 0 Å². The Hall–Kier alpha value is -0.190. The fourth-order valence-corrected chi connectivity index (χ4v) is 3.24. The van der Waals surface area contributed by atoms with E-state index in [1.54, 1.807) is 0 Å². The predicted octanol–water partition coefficient (Wildman–Crippen LogP) is 2.72. The second kappa shape index (κ2) is 4.55. The van der Waals surface area contributed by atoms with Gasteiger partial charge in [0.05, 0.1) is 5.69 Å². The Morgan fingerprint density at radius 3 is 3.21 bits per heavy atom. The molecule has 1 aliphatic heterocycles. The number of nitrogens with one attached hydrogen (secondary N) is 1. The summed E-state index contributed by atoms with van der Waals surface area (Å²) in [6, 6.07) is 6.58. The molecule has 0 radical (unpaired) electrons. The fourth-order valence-electron chi connectivity index (χ4n) is 1.51. The molecule has 2 nitrogen and oxygen atoms in total. The van der Waals surface area contributed by atoms with E-state index in [2.05, 4.69) is 27.3 Å². The van der Waals surface area contributed by atoms with Crippen molar-refractivity contribution in [1.29, 1.82) is 0 Å². The summed E-state index contributed by atoms with van der Waals surface area (Å²) < 4.78 is 1.10. The van der Waals surface area contributed by atoms with Gasteiger partial charge >= 0.3 is 0 Å². The first-order valence-corrected chi connectivity index (χ1v) is 6.38. The molecule has 1 aromatic rings. The number of benzene rings is 1. The van der Waals surface area contributed by atoms with Crippen molar-refractivity contribution in [2.75, 3.05) is 17.7 Å². The standard InChI is InChI=1S/C10H12BrNOS/c11-8-2-1-3-9-10(8)12-7(4-5-13)6-14-9/h1-3,7,12-13H,4-6H2. The van der Waals surface area contributed by atoms with Crippen molar-refractivity contribution in [3.63, 3.8) is 0 Å². The van der Waals surface area contributed by atoms with E-state index in [1.165, 1.54) is 10.6 Å². The number of halogens is 1. The van der Waals surface area contributed by atoms with Gasteiger partial charge in [-0.25, -0.2) is 0 Å². The van der Waals surface area contributed by atoms with Crippen molar-refractivity contribution in [3.8, 4) is 0 Å². The minimum atomic E-state index is 0.248. The molecule has 0 amide bonds. The Bertz CT molecular complexity index is 332. The van der Waals surface area contributed by atoms with E-state index in [9.17, 15) is 0 Å². The summed E-state index contributed by atoms with van der Waals surface area (Å²) >= 11 is 5.37. The number of hydrogen-bond acceptors (Lipinski definition) is 3. The van der Waals surface area contributed by atoms with Gasteiger partial charge in [0.2, 0.25) is 0 Å². The summed E-state index contributed by atoms with van der Waals surface area (Å²) in [5.74, 6) is 1.03. The highest BCUT2D eigenvalue weighted by Gasteiger charge is 2.18.